The summed E-state index contributed by atoms with van der Waals surface area (Å²) in [6.07, 6.45) is 2.09. The third kappa shape index (κ3) is 9.14. The second-order valence-corrected chi connectivity index (χ2v) is 12.7. The lowest BCUT2D eigenvalue weighted by molar-refractivity contribution is -0.192. The number of carbonyl (C=O) groups excluding carboxylic acids is 1. The van der Waals surface area contributed by atoms with Crippen molar-refractivity contribution in [3.8, 4) is 5.75 Å². The van der Waals surface area contributed by atoms with Crippen LogP contribution in [0.15, 0.2) is 85.2 Å². The molecule has 1 atom stereocenters. The van der Waals surface area contributed by atoms with Gasteiger partial charge in [0.25, 0.3) is 0 Å². The van der Waals surface area contributed by atoms with E-state index in [-0.39, 0.29) is 5.91 Å². The number of carboxylic acid groups (broad SMARTS) is 1. The Bertz CT molecular complexity index is 2090. The first-order chi connectivity index (χ1) is 24.2. The second-order valence-electron chi connectivity index (χ2n) is 12.7. The van der Waals surface area contributed by atoms with Crippen molar-refractivity contribution >= 4 is 33.7 Å². The van der Waals surface area contributed by atoms with Crippen LogP contribution in [0.2, 0.25) is 0 Å². The van der Waals surface area contributed by atoms with E-state index in [1.165, 1.54) is 10.9 Å². The van der Waals surface area contributed by atoms with Gasteiger partial charge in [-0.1, -0.05) is 48.5 Å². The SMILES string of the molecule is COc1ccc(Cn2c(CCCc3c[nH]c4ccccc34)nnc2[C@@H](Cc2c[nH]c3ccccc23)NC(=O)C(C)(C)N)cc1.O=C(O)C(F)(F)F. The van der Waals surface area contributed by atoms with E-state index in [0.717, 1.165) is 58.4 Å². The summed E-state index contributed by atoms with van der Waals surface area (Å²) in [5.74, 6) is -0.632. The topological polar surface area (TPSA) is 164 Å². The molecule has 0 saturated carbocycles. The Hall–Kier alpha value is -5.63. The first kappa shape index (κ1) is 36.6. The third-order valence-corrected chi connectivity index (χ3v) is 8.42. The van der Waals surface area contributed by atoms with Crippen LogP contribution in [0.3, 0.4) is 0 Å². The molecule has 11 nitrogen and oxygen atoms in total. The Morgan fingerprint density at radius 3 is 2.04 bits per heavy atom. The fourth-order valence-electron chi connectivity index (χ4n) is 5.72. The summed E-state index contributed by atoms with van der Waals surface area (Å²) in [5.41, 5.74) is 10.8. The number of rotatable bonds is 12. The van der Waals surface area contributed by atoms with E-state index in [1.54, 1.807) is 21.0 Å². The number of carbonyl (C=O) groups is 2. The van der Waals surface area contributed by atoms with Crippen LogP contribution >= 0.6 is 0 Å². The third-order valence-electron chi connectivity index (χ3n) is 8.42. The Morgan fingerprint density at radius 2 is 1.47 bits per heavy atom. The van der Waals surface area contributed by atoms with Crippen molar-refractivity contribution in [2.75, 3.05) is 7.11 Å². The van der Waals surface area contributed by atoms with Gasteiger partial charge in [-0.3, -0.25) is 4.79 Å². The van der Waals surface area contributed by atoms with Crippen LogP contribution in [-0.2, 0) is 35.4 Å². The highest BCUT2D eigenvalue weighted by Gasteiger charge is 2.38. The van der Waals surface area contributed by atoms with E-state index in [4.69, 9.17) is 30.6 Å². The van der Waals surface area contributed by atoms with Crippen LogP contribution in [-0.4, -0.2) is 60.5 Å². The Kier molecular flexibility index (Phi) is 11.1. The molecule has 0 aliphatic carbocycles. The highest BCUT2D eigenvalue weighted by Crippen LogP contribution is 2.27. The minimum Gasteiger partial charge on any atom is -0.497 e. The Labute approximate surface area is 292 Å². The van der Waals surface area contributed by atoms with Crippen LogP contribution in [0.4, 0.5) is 13.2 Å². The number of aromatic nitrogens is 5. The van der Waals surface area contributed by atoms with E-state index in [2.05, 4.69) is 62.4 Å². The summed E-state index contributed by atoms with van der Waals surface area (Å²) in [4.78, 5) is 28.9. The molecule has 0 fully saturated rings. The maximum atomic E-state index is 13.3. The standard InChI is InChI=1S/C35H39N7O2.C2HF3O2/c1-35(2,36)34(43)39-31(19-25-21-38-30-13-7-5-11-28(25)30)33-41-40-32(42(33)22-23-15-17-26(44-3)18-16-23)14-8-9-24-20-37-29-12-6-4-10-27(24)29;3-2(4,5)1(6)7/h4-7,10-13,15-18,20-21,31,37-38H,8-9,14,19,22,36H2,1-3H3,(H,39,43);(H,6,7)/t31-;/m1./s1. The summed E-state index contributed by atoms with van der Waals surface area (Å²) < 4.78 is 39.3. The summed E-state index contributed by atoms with van der Waals surface area (Å²) in [5, 5.41) is 22.1. The number of nitrogens with one attached hydrogen (secondary N) is 3. The number of amides is 1. The van der Waals surface area contributed by atoms with E-state index < -0.39 is 23.7 Å². The zero-order valence-corrected chi connectivity index (χ0v) is 28.4. The molecule has 0 bridgehead atoms. The number of nitrogens with zero attached hydrogens (tertiary/aromatic N) is 3. The van der Waals surface area contributed by atoms with E-state index in [1.807, 2.05) is 42.6 Å². The Balaban J connectivity index is 0.000000654. The number of aromatic amines is 2. The maximum Gasteiger partial charge on any atom is 0.490 e. The number of fused-ring (bicyclic) bond motifs is 2. The number of nitrogens with two attached hydrogens (primary N) is 1. The number of hydrogen-bond donors (Lipinski definition) is 5. The molecule has 51 heavy (non-hydrogen) atoms. The molecule has 6 rings (SSSR count). The van der Waals surface area contributed by atoms with Gasteiger partial charge in [0.1, 0.15) is 11.6 Å². The maximum absolute atomic E-state index is 13.3. The van der Waals surface area contributed by atoms with Crippen LogP contribution in [0.5, 0.6) is 5.75 Å². The van der Waals surface area contributed by atoms with Crippen molar-refractivity contribution in [2.24, 2.45) is 5.73 Å². The van der Waals surface area contributed by atoms with Gasteiger partial charge in [-0.25, -0.2) is 4.79 Å². The number of para-hydroxylation sites is 2. The molecular weight excluding hydrogens is 663 g/mol. The fourth-order valence-corrected chi connectivity index (χ4v) is 5.72. The molecule has 0 saturated heterocycles. The minimum absolute atomic E-state index is 0.248. The van der Waals surface area contributed by atoms with E-state index in [9.17, 15) is 18.0 Å². The molecule has 6 aromatic rings. The Morgan fingerprint density at radius 1 is 0.902 bits per heavy atom. The number of carboxylic acids is 1. The quantitative estimate of drug-likeness (QED) is 0.101. The van der Waals surface area contributed by atoms with Crippen molar-refractivity contribution in [1.29, 1.82) is 0 Å². The van der Waals surface area contributed by atoms with Crippen LogP contribution < -0.4 is 15.8 Å². The summed E-state index contributed by atoms with van der Waals surface area (Å²) >= 11 is 0. The van der Waals surface area contributed by atoms with Crippen LogP contribution in [0.25, 0.3) is 21.8 Å². The normalized spacial score (nSPS) is 12.4. The number of ether oxygens (including phenoxy) is 1. The molecule has 1 amide bonds. The molecule has 0 aliphatic rings. The van der Waals surface area contributed by atoms with E-state index >= 15 is 0 Å². The predicted octanol–water partition coefficient (Wildman–Crippen LogP) is 6.24. The molecule has 3 heterocycles. The zero-order valence-electron chi connectivity index (χ0n) is 28.4. The van der Waals surface area contributed by atoms with Gasteiger partial charge in [0, 0.05) is 47.0 Å². The molecule has 3 aromatic carbocycles. The summed E-state index contributed by atoms with van der Waals surface area (Å²) in [6.45, 7) is 3.98. The number of H-pyrrole nitrogens is 2. The van der Waals surface area contributed by atoms with Gasteiger partial charge in [-0.05, 0) is 67.6 Å². The van der Waals surface area contributed by atoms with Gasteiger partial charge in [0.2, 0.25) is 5.91 Å². The van der Waals surface area contributed by atoms with Crippen molar-refractivity contribution in [2.45, 2.75) is 63.8 Å². The highest BCUT2D eigenvalue weighted by atomic mass is 19.4. The lowest BCUT2D eigenvalue weighted by atomic mass is 10.0. The average molecular weight is 704 g/mol. The summed E-state index contributed by atoms with van der Waals surface area (Å²) in [7, 11) is 1.66. The smallest absolute Gasteiger partial charge is 0.490 e. The van der Waals surface area contributed by atoms with Crippen LogP contribution in [0, 0.1) is 0 Å². The van der Waals surface area contributed by atoms with Gasteiger partial charge < -0.3 is 35.4 Å². The molecule has 14 heteroatoms. The van der Waals surface area contributed by atoms with Crippen molar-refractivity contribution < 1.29 is 32.6 Å². The fraction of sp³-hybridized carbons (Fsp3) is 0.297. The lowest BCUT2D eigenvalue weighted by Crippen LogP contribution is -2.50. The van der Waals surface area contributed by atoms with Crippen molar-refractivity contribution in [3.05, 3.63) is 114 Å². The van der Waals surface area contributed by atoms with E-state index in [0.29, 0.717) is 18.8 Å². The number of halogens is 3. The monoisotopic (exact) mass is 703 g/mol. The molecule has 0 radical (unpaired) electrons. The highest BCUT2D eigenvalue weighted by molar-refractivity contribution is 5.86. The largest absolute Gasteiger partial charge is 0.497 e. The molecule has 6 N–H and O–H groups in total. The number of alkyl halides is 3. The molecule has 0 unspecified atom stereocenters. The van der Waals surface area contributed by atoms with Gasteiger partial charge in [0.15, 0.2) is 5.82 Å². The number of aryl methyl sites for hydroxylation is 2. The van der Waals surface area contributed by atoms with Crippen molar-refractivity contribution in [1.82, 2.24) is 30.0 Å². The summed E-state index contributed by atoms with van der Waals surface area (Å²) in [6, 6.07) is 24.1. The van der Waals surface area contributed by atoms with Crippen LogP contribution in [0.1, 0.15) is 54.6 Å². The second kappa shape index (κ2) is 15.5. The average Bonchev–Trinajstić information content (AvgIpc) is 3.82. The zero-order chi connectivity index (χ0) is 36.8. The number of hydrogen-bond acceptors (Lipinski definition) is 6. The number of aliphatic carboxylic acids is 1. The minimum atomic E-state index is -5.08. The van der Waals surface area contributed by atoms with Crippen molar-refractivity contribution in [3.63, 3.8) is 0 Å². The first-order valence-corrected chi connectivity index (χ1v) is 16.3. The predicted molar refractivity (Wildman–Crippen MR) is 187 cm³/mol. The number of benzene rings is 3. The van der Waals surface area contributed by atoms with Gasteiger partial charge in [-0.2, -0.15) is 13.2 Å². The molecule has 0 aliphatic heterocycles. The van der Waals surface area contributed by atoms with Gasteiger partial charge in [-0.15, -0.1) is 10.2 Å². The van der Waals surface area contributed by atoms with Gasteiger partial charge >= 0.3 is 12.1 Å². The molecule has 3 aromatic heterocycles. The lowest BCUT2D eigenvalue weighted by Gasteiger charge is -2.25. The number of methoxy groups -OCH3 is 1. The van der Waals surface area contributed by atoms with Gasteiger partial charge in [0.05, 0.1) is 25.2 Å². The molecule has 268 valence electrons. The molecular formula is C37H40F3N7O4. The first-order valence-electron chi connectivity index (χ1n) is 16.3. The molecule has 0 spiro atoms.